The minimum atomic E-state index is -0.0179. The van der Waals surface area contributed by atoms with Crippen LogP contribution in [0.2, 0.25) is 0 Å². The number of nitrogens with zero attached hydrogens (tertiary/aromatic N) is 2. The van der Waals surface area contributed by atoms with Crippen LogP contribution in [0.5, 0.6) is 0 Å². The fraction of sp³-hybridized carbons (Fsp3) is 0.357. The van der Waals surface area contributed by atoms with E-state index < -0.39 is 0 Å². The number of hydrogen-bond donors (Lipinski definition) is 0. The standard InChI is InChI=1S/C14H20N2O/c1-4-14(17)16(11-10-15(2)3)12-13-8-6-5-7-9-13/h4-9H,1,10-12H2,2-3H3. The molecule has 0 saturated heterocycles. The van der Waals surface area contributed by atoms with Gasteiger partial charge in [0.25, 0.3) is 0 Å². The van der Waals surface area contributed by atoms with Gasteiger partial charge in [-0.1, -0.05) is 36.9 Å². The van der Waals surface area contributed by atoms with Crippen molar-refractivity contribution in [1.82, 2.24) is 9.80 Å². The molecule has 0 N–H and O–H groups in total. The first-order chi connectivity index (χ1) is 8.13. The summed E-state index contributed by atoms with van der Waals surface area (Å²) in [7, 11) is 4.00. The van der Waals surface area contributed by atoms with Crippen molar-refractivity contribution in [1.29, 1.82) is 0 Å². The van der Waals surface area contributed by atoms with Crippen LogP contribution in [0.25, 0.3) is 0 Å². The molecule has 1 rings (SSSR count). The molecule has 92 valence electrons. The van der Waals surface area contributed by atoms with Crippen molar-refractivity contribution in [3.63, 3.8) is 0 Å². The molecular formula is C14H20N2O. The third kappa shape index (κ3) is 4.83. The van der Waals surface area contributed by atoms with Gasteiger partial charge in [-0.15, -0.1) is 0 Å². The smallest absolute Gasteiger partial charge is 0.246 e. The third-order valence-corrected chi connectivity index (χ3v) is 2.52. The molecule has 17 heavy (non-hydrogen) atoms. The van der Waals surface area contributed by atoms with Gasteiger partial charge in [0, 0.05) is 19.6 Å². The number of rotatable bonds is 6. The maximum atomic E-state index is 11.7. The van der Waals surface area contributed by atoms with Crippen molar-refractivity contribution in [2.24, 2.45) is 0 Å². The van der Waals surface area contributed by atoms with Gasteiger partial charge in [0.15, 0.2) is 0 Å². The zero-order valence-corrected chi connectivity index (χ0v) is 10.6. The third-order valence-electron chi connectivity index (χ3n) is 2.52. The zero-order valence-electron chi connectivity index (χ0n) is 10.6. The maximum Gasteiger partial charge on any atom is 0.246 e. The summed E-state index contributed by atoms with van der Waals surface area (Å²) in [5, 5.41) is 0. The number of carbonyl (C=O) groups is 1. The van der Waals surface area contributed by atoms with Gasteiger partial charge in [0.05, 0.1) is 0 Å². The number of hydrogen-bond acceptors (Lipinski definition) is 2. The number of carbonyl (C=O) groups excluding carboxylic acids is 1. The summed E-state index contributed by atoms with van der Waals surface area (Å²) in [5.41, 5.74) is 1.14. The predicted molar refractivity (Wildman–Crippen MR) is 70.6 cm³/mol. The van der Waals surface area contributed by atoms with E-state index in [9.17, 15) is 4.79 Å². The lowest BCUT2D eigenvalue weighted by atomic mass is 10.2. The van der Waals surface area contributed by atoms with E-state index in [1.165, 1.54) is 6.08 Å². The fourth-order valence-electron chi connectivity index (χ4n) is 1.52. The van der Waals surface area contributed by atoms with Gasteiger partial charge in [0.2, 0.25) is 5.91 Å². The first kappa shape index (κ1) is 13.5. The molecule has 3 heteroatoms. The Bertz CT molecular complexity index is 360. The Balaban J connectivity index is 2.63. The zero-order chi connectivity index (χ0) is 12.7. The molecule has 0 spiro atoms. The summed E-state index contributed by atoms with van der Waals surface area (Å²) in [6.07, 6.45) is 1.37. The van der Waals surface area contributed by atoms with Crippen molar-refractivity contribution >= 4 is 5.91 Å². The number of amides is 1. The van der Waals surface area contributed by atoms with Crippen LogP contribution in [-0.2, 0) is 11.3 Å². The van der Waals surface area contributed by atoms with Crippen molar-refractivity contribution in [2.45, 2.75) is 6.54 Å². The maximum absolute atomic E-state index is 11.7. The summed E-state index contributed by atoms with van der Waals surface area (Å²) in [4.78, 5) is 15.6. The Labute approximate surface area is 103 Å². The SMILES string of the molecule is C=CC(=O)N(CCN(C)C)Cc1ccccc1. The van der Waals surface area contributed by atoms with Crippen molar-refractivity contribution in [3.8, 4) is 0 Å². The highest BCUT2D eigenvalue weighted by Gasteiger charge is 2.10. The number of benzene rings is 1. The Morgan fingerprint density at radius 3 is 2.41 bits per heavy atom. The molecule has 0 aliphatic rings. The highest BCUT2D eigenvalue weighted by Crippen LogP contribution is 2.05. The minimum Gasteiger partial charge on any atom is -0.334 e. The Morgan fingerprint density at radius 2 is 1.88 bits per heavy atom. The Hall–Kier alpha value is -1.61. The lowest BCUT2D eigenvalue weighted by Gasteiger charge is -2.23. The minimum absolute atomic E-state index is 0.0179. The quantitative estimate of drug-likeness (QED) is 0.698. The van der Waals surface area contributed by atoms with Gasteiger partial charge < -0.3 is 9.80 Å². The Morgan fingerprint density at radius 1 is 1.24 bits per heavy atom. The molecule has 0 heterocycles. The molecule has 0 aliphatic heterocycles. The van der Waals surface area contributed by atoms with Crippen molar-refractivity contribution < 1.29 is 4.79 Å². The monoisotopic (exact) mass is 232 g/mol. The summed E-state index contributed by atoms with van der Waals surface area (Å²) in [6, 6.07) is 10.00. The molecule has 1 amide bonds. The fourth-order valence-corrected chi connectivity index (χ4v) is 1.52. The predicted octanol–water partition coefficient (Wildman–Crippen LogP) is 1.76. The number of likely N-dealkylation sites (N-methyl/N-ethyl adjacent to an activating group) is 1. The van der Waals surface area contributed by atoms with Gasteiger partial charge in [-0.25, -0.2) is 0 Å². The van der Waals surface area contributed by atoms with E-state index in [0.29, 0.717) is 13.1 Å². The van der Waals surface area contributed by atoms with Crippen molar-refractivity contribution in [2.75, 3.05) is 27.2 Å². The van der Waals surface area contributed by atoms with Crippen LogP contribution in [0.3, 0.4) is 0 Å². The van der Waals surface area contributed by atoms with E-state index in [1.54, 1.807) is 0 Å². The lowest BCUT2D eigenvalue weighted by molar-refractivity contribution is -0.126. The molecule has 0 saturated carbocycles. The van der Waals surface area contributed by atoms with Crippen LogP contribution in [0.15, 0.2) is 43.0 Å². The average molecular weight is 232 g/mol. The van der Waals surface area contributed by atoms with E-state index in [4.69, 9.17) is 0 Å². The van der Waals surface area contributed by atoms with Gasteiger partial charge >= 0.3 is 0 Å². The summed E-state index contributed by atoms with van der Waals surface area (Å²) < 4.78 is 0. The summed E-state index contributed by atoms with van der Waals surface area (Å²) in [6.45, 7) is 5.75. The first-order valence-electron chi connectivity index (χ1n) is 5.73. The Kier molecular flexibility index (Phi) is 5.43. The normalized spacial score (nSPS) is 10.3. The molecule has 0 radical (unpaired) electrons. The van der Waals surface area contributed by atoms with Gasteiger partial charge in [-0.3, -0.25) is 4.79 Å². The molecule has 0 unspecified atom stereocenters. The summed E-state index contributed by atoms with van der Waals surface area (Å²) >= 11 is 0. The molecule has 0 atom stereocenters. The molecule has 1 aromatic rings. The van der Waals surface area contributed by atoms with Crippen LogP contribution >= 0.6 is 0 Å². The molecular weight excluding hydrogens is 212 g/mol. The van der Waals surface area contributed by atoms with Gasteiger partial charge in [-0.2, -0.15) is 0 Å². The average Bonchev–Trinajstić information content (AvgIpc) is 2.34. The van der Waals surface area contributed by atoms with Crippen LogP contribution in [-0.4, -0.2) is 42.9 Å². The van der Waals surface area contributed by atoms with Gasteiger partial charge in [0.1, 0.15) is 0 Å². The molecule has 3 nitrogen and oxygen atoms in total. The largest absolute Gasteiger partial charge is 0.334 e. The van der Waals surface area contributed by atoms with Crippen molar-refractivity contribution in [3.05, 3.63) is 48.6 Å². The van der Waals surface area contributed by atoms with Crippen LogP contribution < -0.4 is 0 Å². The second-order valence-corrected chi connectivity index (χ2v) is 4.25. The van der Waals surface area contributed by atoms with E-state index in [0.717, 1.165) is 12.1 Å². The topological polar surface area (TPSA) is 23.6 Å². The van der Waals surface area contributed by atoms with Crippen LogP contribution in [0.1, 0.15) is 5.56 Å². The highest BCUT2D eigenvalue weighted by atomic mass is 16.2. The second kappa shape index (κ2) is 6.86. The highest BCUT2D eigenvalue weighted by molar-refractivity contribution is 5.86. The lowest BCUT2D eigenvalue weighted by Crippen LogP contribution is -2.35. The molecule has 1 aromatic carbocycles. The van der Waals surface area contributed by atoms with E-state index in [2.05, 4.69) is 11.5 Å². The van der Waals surface area contributed by atoms with E-state index in [1.807, 2.05) is 49.3 Å². The molecule has 0 aliphatic carbocycles. The van der Waals surface area contributed by atoms with Crippen LogP contribution in [0, 0.1) is 0 Å². The molecule has 0 aromatic heterocycles. The summed E-state index contributed by atoms with van der Waals surface area (Å²) in [5.74, 6) is -0.0179. The molecule has 0 fully saturated rings. The van der Waals surface area contributed by atoms with E-state index in [-0.39, 0.29) is 5.91 Å². The second-order valence-electron chi connectivity index (χ2n) is 4.25. The van der Waals surface area contributed by atoms with Gasteiger partial charge in [-0.05, 0) is 25.7 Å². The van der Waals surface area contributed by atoms with Crippen LogP contribution in [0.4, 0.5) is 0 Å². The van der Waals surface area contributed by atoms with E-state index >= 15 is 0 Å². The molecule has 0 bridgehead atoms. The first-order valence-corrected chi connectivity index (χ1v) is 5.73.